The fourth-order valence-corrected chi connectivity index (χ4v) is 2.21. The summed E-state index contributed by atoms with van der Waals surface area (Å²) >= 11 is 0. The van der Waals surface area contributed by atoms with Gasteiger partial charge in [0.05, 0.1) is 12.0 Å². The number of hydrogen-bond donors (Lipinski definition) is 1. The summed E-state index contributed by atoms with van der Waals surface area (Å²) in [5, 5.41) is 9.29. The maximum absolute atomic E-state index is 12.2. The third-order valence-corrected chi connectivity index (χ3v) is 3.73. The Morgan fingerprint density at radius 2 is 1.60 bits per heavy atom. The van der Waals surface area contributed by atoms with Crippen molar-refractivity contribution in [2.24, 2.45) is 5.41 Å². The molecule has 0 radical (unpaired) electrons. The number of para-hydroxylation sites is 1. The predicted octanol–water partition coefficient (Wildman–Crippen LogP) is 3.43. The van der Waals surface area contributed by atoms with E-state index in [4.69, 9.17) is 4.74 Å². The number of carbonyl (C=O) groups excluding carboxylic acids is 1. The van der Waals surface area contributed by atoms with E-state index in [-0.39, 0.29) is 12.4 Å². The molecule has 0 bridgehead atoms. The highest BCUT2D eigenvalue weighted by Gasteiger charge is 2.49. The maximum atomic E-state index is 12.2. The topological polar surface area (TPSA) is 46.5 Å². The zero-order chi connectivity index (χ0) is 14.0. The summed E-state index contributed by atoms with van der Waals surface area (Å²) in [7, 11) is 0. The molecule has 2 aromatic rings. The Morgan fingerprint density at radius 1 is 1.00 bits per heavy atom. The highest BCUT2D eigenvalue weighted by atomic mass is 16.5. The first-order valence-electron chi connectivity index (χ1n) is 6.72. The monoisotopic (exact) mass is 268 g/mol. The van der Waals surface area contributed by atoms with Gasteiger partial charge in [0, 0.05) is 5.56 Å². The minimum absolute atomic E-state index is 0.0336. The van der Waals surface area contributed by atoms with Crippen molar-refractivity contribution in [1.82, 2.24) is 0 Å². The molecule has 102 valence electrons. The standard InChI is InChI=1S/C17H16O3/c18-12-17(10-11-17)16(19)13-6-8-15(9-7-13)20-14-4-2-1-3-5-14/h1-9,18H,10-12H2. The van der Waals surface area contributed by atoms with E-state index in [1.165, 1.54) is 0 Å². The molecule has 0 atom stereocenters. The molecule has 1 saturated carbocycles. The lowest BCUT2D eigenvalue weighted by atomic mass is 9.95. The number of aliphatic hydroxyl groups is 1. The first-order valence-corrected chi connectivity index (χ1v) is 6.72. The summed E-state index contributed by atoms with van der Waals surface area (Å²) in [5.41, 5.74) is 0.124. The van der Waals surface area contributed by atoms with Crippen LogP contribution in [0.3, 0.4) is 0 Å². The van der Waals surface area contributed by atoms with Crippen LogP contribution in [0.4, 0.5) is 0 Å². The number of benzene rings is 2. The van der Waals surface area contributed by atoms with Gasteiger partial charge < -0.3 is 9.84 Å². The largest absolute Gasteiger partial charge is 0.457 e. The van der Waals surface area contributed by atoms with Crippen molar-refractivity contribution in [2.45, 2.75) is 12.8 Å². The van der Waals surface area contributed by atoms with E-state index in [2.05, 4.69) is 0 Å². The highest BCUT2D eigenvalue weighted by molar-refractivity contribution is 6.02. The summed E-state index contributed by atoms with van der Waals surface area (Å²) in [5.74, 6) is 1.49. The zero-order valence-electron chi connectivity index (χ0n) is 11.1. The fourth-order valence-electron chi connectivity index (χ4n) is 2.21. The molecule has 0 saturated heterocycles. The zero-order valence-corrected chi connectivity index (χ0v) is 11.1. The van der Waals surface area contributed by atoms with Crippen LogP contribution in [0.15, 0.2) is 54.6 Å². The Labute approximate surface area is 117 Å². The molecule has 1 aliphatic carbocycles. The first-order chi connectivity index (χ1) is 9.73. The Bertz CT molecular complexity index is 598. The van der Waals surface area contributed by atoms with Crippen molar-refractivity contribution in [3.8, 4) is 11.5 Å². The smallest absolute Gasteiger partial charge is 0.171 e. The number of aliphatic hydroxyl groups excluding tert-OH is 1. The number of ketones is 1. The summed E-state index contributed by atoms with van der Waals surface area (Å²) in [6.07, 6.45) is 1.56. The molecule has 0 aliphatic heterocycles. The van der Waals surface area contributed by atoms with Gasteiger partial charge in [-0.2, -0.15) is 0 Å². The number of ether oxygens (including phenoxy) is 1. The average molecular weight is 268 g/mol. The van der Waals surface area contributed by atoms with E-state index in [0.717, 1.165) is 18.6 Å². The quantitative estimate of drug-likeness (QED) is 0.845. The fraction of sp³-hybridized carbons (Fsp3) is 0.235. The van der Waals surface area contributed by atoms with Crippen molar-refractivity contribution in [3.63, 3.8) is 0 Å². The van der Waals surface area contributed by atoms with Gasteiger partial charge in [-0.3, -0.25) is 4.79 Å². The van der Waals surface area contributed by atoms with Crippen molar-refractivity contribution < 1.29 is 14.6 Å². The van der Waals surface area contributed by atoms with Crippen molar-refractivity contribution >= 4 is 5.78 Å². The van der Waals surface area contributed by atoms with Crippen LogP contribution < -0.4 is 4.74 Å². The van der Waals surface area contributed by atoms with Crippen LogP contribution in [0.5, 0.6) is 11.5 Å². The van der Waals surface area contributed by atoms with Gasteiger partial charge in [0.25, 0.3) is 0 Å². The van der Waals surface area contributed by atoms with Crippen LogP contribution >= 0.6 is 0 Å². The van der Waals surface area contributed by atoms with Crippen molar-refractivity contribution in [2.75, 3.05) is 6.61 Å². The normalized spacial score (nSPS) is 15.7. The van der Waals surface area contributed by atoms with E-state index >= 15 is 0 Å². The van der Waals surface area contributed by atoms with Gasteiger partial charge in [-0.15, -0.1) is 0 Å². The first kappa shape index (κ1) is 12.9. The van der Waals surface area contributed by atoms with E-state index in [1.54, 1.807) is 24.3 Å². The molecular weight excluding hydrogens is 252 g/mol. The molecule has 1 aliphatic rings. The summed E-state index contributed by atoms with van der Waals surface area (Å²) < 4.78 is 5.68. The van der Waals surface area contributed by atoms with E-state index in [1.807, 2.05) is 30.3 Å². The predicted molar refractivity (Wildman–Crippen MR) is 76.0 cm³/mol. The second kappa shape index (κ2) is 5.10. The Balaban J connectivity index is 1.73. The van der Waals surface area contributed by atoms with Gasteiger partial charge in [-0.1, -0.05) is 18.2 Å². The second-order valence-corrected chi connectivity index (χ2v) is 5.21. The van der Waals surface area contributed by atoms with E-state index < -0.39 is 5.41 Å². The van der Waals surface area contributed by atoms with Crippen LogP contribution in [0.1, 0.15) is 23.2 Å². The van der Waals surface area contributed by atoms with Crippen molar-refractivity contribution in [1.29, 1.82) is 0 Å². The third-order valence-electron chi connectivity index (χ3n) is 3.73. The summed E-state index contributed by atoms with van der Waals surface area (Å²) in [6.45, 7) is -0.0614. The van der Waals surface area contributed by atoms with Crippen LogP contribution in [-0.2, 0) is 0 Å². The molecular formula is C17H16O3. The van der Waals surface area contributed by atoms with E-state index in [0.29, 0.717) is 11.3 Å². The number of hydrogen-bond acceptors (Lipinski definition) is 3. The lowest BCUT2D eigenvalue weighted by Crippen LogP contribution is -2.19. The average Bonchev–Trinajstić information content (AvgIpc) is 3.30. The maximum Gasteiger partial charge on any atom is 0.171 e. The molecule has 0 spiro atoms. The molecule has 0 amide bonds. The highest BCUT2D eigenvalue weighted by Crippen LogP contribution is 2.47. The third kappa shape index (κ3) is 2.45. The minimum atomic E-state index is -0.512. The SMILES string of the molecule is O=C(c1ccc(Oc2ccccc2)cc1)C1(CO)CC1. The van der Waals surface area contributed by atoms with Gasteiger partial charge in [0.15, 0.2) is 5.78 Å². The van der Waals surface area contributed by atoms with Gasteiger partial charge in [-0.25, -0.2) is 0 Å². The van der Waals surface area contributed by atoms with Crippen LogP contribution in [0.25, 0.3) is 0 Å². The molecule has 1 N–H and O–H groups in total. The Hall–Kier alpha value is -2.13. The second-order valence-electron chi connectivity index (χ2n) is 5.21. The van der Waals surface area contributed by atoms with Crippen molar-refractivity contribution in [3.05, 3.63) is 60.2 Å². The molecule has 0 aromatic heterocycles. The van der Waals surface area contributed by atoms with Gasteiger partial charge in [0.1, 0.15) is 11.5 Å². The molecule has 20 heavy (non-hydrogen) atoms. The Kier molecular flexibility index (Phi) is 3.28. The number of Topliss-reactive ketones (excluding diaryl/α,β-unsaturated/α-hetero) is 1. The molecule has 0 unspecified atom stereocenters. The Morgan fingerprint density at radius 3 is 2.15 bits per heavy atom. The van der Waals surface area contributed by atoms with Gasteiger partial charge in [0.2, 0.25) is 0 Å². The van der Waals surface area contributed by atoms with E-state index in [9.17, 15) is 9.90 Å². The van der Waals surface area contributed by atoms with Gasteiger partial charge in [-0.05, 0) is 49.2 Å². The lowest BCUT2D eigenvalue weighted by molar-refractivity contribution is 0.0829. The van der Waals surface area contributed by atoms with Crippen LogP contribution in [0.2, 0.25) is 0 Å². The minimum Gasteiger partial charge on any atom is -0.457 e. The van der Waals surface area contributed by atoms with Gasteiger partial charge >= 0.3 is 0 Å². The molecule has 3 heteroatoms. The number of carbonyl (C=O) groups is 1. The van der Waals surface area contributed by atoms with Crippen LogP contribution in [0, 0.1) is 5.41 Å². The summed E-state index contributed by atoms with van der Waals surface area (Å²) in [4.78, 5) is 12.2. The molecule has 0 heterocycles. The lowest BCUT2D eigenvalue weighted by Gasteiger charge is -2.11. The molecule has 3 nitrogen and oxygen atoms in total. The number of rotatable bonds is 5. The summed E-state index contributed by atoms with van der Waals surface area (Å²) in [6, 6.07) is 16.6. The van der Waals surface area contributed by atoms with Crippen LogP contribution in [-0.4, -0.2) is 17.5 Å². The molecule has 2 aromatic carbocycles. The molecule has 3 rings (SSSR count). The molecule has 1 fully saturated rings.